The van der Waals surface area contributed by atoms with Crippen LogP contribution in [0, 0.1) is 11.8 Å². The fraction of sp³-hybridized carbons (Fsp3) is 0.281. The SMILES string of the molecule is C[C@H]1CC[C@H](C(=O)N(CCOc2ccccc2)c2nn(-c3ccc(-c4cc5ncccn5n4)cc3)cc2C(=O)O)CC1. The van der Waals surface area contributed by atoms with Gasteiger partial charge in [-0.05, 0) is 61.9 Å². The maximum atomic E-state index is 13.9. The number of hydrogen-bond acceptors (Lipinski definition) is 6. The van der Waals surface area contributed by atoms with E-state index in [1.165, 1.54) is 15.8 Å². The number of ether oxygens (including phenoxy) is 1. The van der Waals surface area contributed by atoms with Crippen molar-refractivity contribution in [2.24, 2.45) is 11.8 Å². The van der Waals surface area contributed by atoms with Gasteiger partial charge in [-0.1, -0.05) is 37.3 Å². The van der Waals surface area contributed by atoms with Crippen LogP contribution >= 0.6 is 0 Å². The van der Waals surface area contributed by atoms with Gasteiger partial charge in [-0.2, -0.15) is 5.10 Å². The molecule has 3 heterocycles. The van der Waals surface area contributed by atoms with Crippen molar-refractivity contribution in [3.63, 3.8) is 0 Å². The summed E-state index contributed by atoms with van der Waals surface area (Å²) in [6.07, 6.45) is 8.52. The molecule has 1 saturated carbocycles. The van der Waals surface area contributed by atoms with Crippen LogP contribution in [0.1, 0.15) is 43.0 Å². The second-order valence-electron chi connectivity index (χ2n) is 10.7. The summed E-state index contributed by atoms with van der Waals surface area (Å²) < 4.78 is 9.11. The summed E-state index contributed by atoms with van der Waals surface area (Å²) in [7, 11) is 0. The van der Waals surface area contributed by atoms with E-state index in [-0.39, 0.29) is 36.4 Å². The average Bonchev–Trinajstić information content (AvgIpc) is 3.66. The number of carbonyl (C=O) groups is 2. The van der Waals surface area contributed by atoms with Crippen LogP contribution in [-0.2, 0) is 4.79 Å². The highest BCUT2D eigenvalue weighted by Gasteiger charge is 2.33. The molecule has 1 fully saturated rings. The van der Waals surface area contributed by atoms with Gasteiger partial charge in [-0.3, -0.25) is 9.69 Å². The normalized spacial score (nSPS) is 16.8. The predicted molar refractivity (Wildman–Crippen MR) is 158 cm³/mol. The van der Waals surface area contributed by atoms with E-state index in [9.17, 15) is 14.7 Å². The molecule has 0 saturated heterocycles. The number of anilines is 1. The van der Waals surface area contributed by atoms with E-state index in [1.807, 2.05) is 72.9 Å². The molecule has 214 valence electrons. The minimum absolute atomic E-state index is 0.0391. The number of carboxylic acids is 1. The third-order valence-corrected chi connectivity index (χ3v) is 7.80. The first-order chi connectivity index (χ1) is 20.5. The van der Waals surface area contributed by atoms with Gasteiger partial charge >= 0.3 is 5.97 Å². The summed E-state index contributed by atoms with van der Waals surface area (Å²) >= 11 is 0. The number of aromatic nitrogens is 5. The standard InChI is InChI=1S/C32H32N6O4/c1-22-8-10-24(11-9-22)31(39)36(18-19-42-26-6-3-2-4-7-26)30-27(32(40)41)21-38(35-30)25-14-12-23(13-15-25)28-20-29-33-16-5-17-37(29)34-28/h2-7,12-17,20-22,24H,8-11,18-19H2,1H3,(H,40,41)/t22-,24-. The van der Waals surface area contributed by atoms with Crippen molar-refractivity contribution >= 4 is 23.3 Å². The molecule has 10 heteroatoms. The van der Waals surface area contributed by atoms with Crippen molar-refractivity contribution in [3.8, 4) is 22.7 Å². The van der Waals surface area contributed by atoms with E-state index in [2.05, 4.69) is 22.1 Å². The van der Waals surface area contributed by atoms with Gasteiger partial charge in [0.05, 0.1) is 17.9 Å². The van der Waals surface area contributed by atoms with Crippen LogP contribution in [0.4, 0.5) is 5.82 Å². The van der Waals surface area contributed by atoms with E-state index < -0.39 is 5.97 Å². The fourth-order valence-corrected chi connectivity index (χ4v) is 5.42. The first-order valence-electron chi connectivity index (χ1n) is 14.2. The van der Waals surface area contributed by atoms with Gasteiger partial charge in [-0.15, -0.1) is 5.10 Å². The van der Waals surface area contributed by atoms with Gasteiger partial charge in [0.2, 0.25) is 5.91 Å². The molecular weight excluding hydrogens is 532 g/mol. The highest BCUT2D eigenvalue weighted by molar-refractivity contribution is 6.01. The number of fused-ring (bicyclic) bond motifs is 1. The summed E-state index contributed by atoms with van der Waals surface area (Å²) in [6.45, 7) is 2.58. The first kappa shape index (κ1) is 27.2. The number of rotatable bonds is 9. The largest absolute Gasteiger partial charge is 0.492 e. The topological polar surface area (TPSA) is 115 Å². The number of aromatic carboxylic acids is 1. The Morgan fingerprint density at radius 1 is 1.00 bits per heavy atom. The summed E-state index contributed by atoms with van der Waals surface area (Å²) in [6, 6.07) is 20.6. The third-order valence-electron chi connectivity index (χ3n) is 7.80. The zero-order chi connectivity index (χ0) is 29.1. The van der Waals surface area contributed by atoms with Crippen molar-refractivity contribution < 1.29 is 19.4 Å². The fourth-order valence-electron chi connectivity index (χ4n) is 5.42. The smallest absolute Gasteiger partial charge is 0.341 e. The Bertz CT molecular complexity index is 1650. The molecule has 5 aromatic rings. The summed E-state index contributed by atoms with van der Waals surface area (Å²) in [5.74, 6) is -0.0483. The molecule has 1 aliphatic rings. The highest BCUT2D eigenvalue weighted by Crippen LogP contribution is 2.32. The van der Waals surface area contributed by atoms with E-state index in [0.29, 0.717) is 17.4 Å². The predicted octanol–water partition coefficient (Wildman–Crippen LogP) is 5.52. The summed E-state index contributed by atoms with van der Waals surface area (Å²) in [4.78, 5) is 32.1. The van der Waals surface area contributed by atoms with Gasteiger partial charge in [-0.25, -0.2) is 19.0 Å². The summed E-state index contributed by atoms with van der Waals surface area (Å²) in [5, 5.41) is 19.3. The van der Waals surface area contributed by atoms with Crippen LogP contribution in [0.25, 0.3) is 22.6 Å². The lowest BCUT2D eigenvalue weighted by atomic mass is 9.82. The minimum Gasteiger partial charge on any atom is -0.492 e. The van der Waals surface area contributed by atoms with Gasteiger partial charge in [0.1, 0.15) is 17.9 Å². The van der Waals surface area contributed by atoms with Crippen LogP contribution in [0.3, 0.4) is 0 Å². The van der Waals surface area contributed by atoms with E-state index >= 15 is 0 Å². The lowest BCUT2D eigenvalue weighted by Gasteiger charge is -2.30. The van der Waals surface area contributed by atoms with Crippen molar-refractivity contribution in [1.82, 2.24) is 24.4 Å². The van der Waals surface area contributed by atoms with E-state index in [4.69, 9.17) is 4.74 Å². The first-order valence-corrected chi connectivity index (χ1v) is 14.2. The Morgan fingerprint density at radius 3 is 2.48 bits per heavy atom. The number of para-hydroxylation sites is 1. The Labute approximate surface area is 243 Å². The average molecular weight is 565 g/mol. The van der Waals surface area contributed by atoms with Crippen LogP contribution in [0.5, 0.6) is 5.75 Å². The van der Waals surface area contributed by atoms with Gasteiger partial charge < -0.3 is 9.84 Å². The maximum absolute atomic E-state index is 13.9. The molecule has 1 N–H and O–H groups in total. The van der Waals surface area contributed by atoms with Crippen molar-refractivity contribution in [2.75, 3.05) is 18.1 Å². The molecule has 10 nitrogen and oxygen atoms in total. The number of benzene rings is 2. The zero-order valence-corrected chi connectivity index (χ0v) is 23.3. The molecular formula is C32H32N6O4. The Hall–Kier alpha value is -4.99. The van der Waals surface area contributed by atoms with Crippen molar-refractivity contribution in [1.29, 1.82) is 0 Å². The number of carbonyl (C=O) groups excluding carboxylic acids is 1. The minimum atomic E-state index is -1.15. The van der Waals surface area contributed by atoms with Crippen LogP contribution < -0.4 is 9.64 Å². The number of nitrogens with zero attached hydrogens (tertiary/aromatic N) is 6. The molecule has 1 amide bonds. The maximum Gasteiger partial charge on any atom is 0.341 e. The van der Waals surface area contributed by atoms with Crippen molar-refractivity contribution in [2.45, 2.75) is 32.6 Å². The molecule has 3 aromatic heterocycles. The molecule has 0 aliphatic heterocycles. The van der Waals surface area contributed by atoms with E-state index in [1.54, 1.807) is 10.7 Å². The van der Waals surface area contributed by atoms with Gasteiger partial charge in [0, 0.05) is 36.1 Å². The van der Waals surface area contributed by atoms with Gasteiger partial charge in [0.15, 0.2) is 11.5 Å². The number of hydrogen-bond donors (Lipinski definition) is 1. The molecule has 0 spiro atoms. The second-order valence-corrected chi connectivity index (χ2v) is 10.7. The van der Waals surface area contributed by atoms with Crippen LogP contribution in [-0.4, -0.2) is 54.5 Å². The van der Waals surface area contributed by atoms with E-state index in [0.717, 1.165) is 42.6 Å². The van der Waals surface area contributed by atoms with Crippen LogP contribution in [0.15, 0.2) is 85.3 Å². The van der Waals surface area contributed by atoms with Crippen molar-refractivity contribution in [3.05, 3.63) is 90.9 Å². The molecule has 42 heavy (non-hydrogen) atoms. The lowest BCUT2D eigenvalue weighted by Crippen LogP contribution is -2.41. The monoisotopic (exact) mass is 564 g/mol. The molecule has 1 aliphatic carbocycles. The third kappa shape index (κ3) is 5.74. The zero-order valence-electron chi connectivity index (χ0n) is 23.3. The molecule has 0 bridgehead atoms. The molecule has 2 aromatic carbocycles. The molecule has 0 unspecified atom stereocenters. The molecule has 0 radical (unpaired) electrons. The highest BCUT2D eigenvalue weighted by atomic mass is 16.5. The van der Waals surface area contributed by atoms with Crippen LogP contribution in [0.2, 0.25) is 0 Å². The second kappa shape index (κ2) is 11.9. The molecule has 6 rings (SSSR count). The Balaban J connectivity index is 1.29. The number of carboxylic acid groups (broad SMARTS) is 1. The molecule has 0 atom stereocenters. The summed E-state index contributed by atoms with van der Waals surface area (Å²) in [5.41, 5.74) is 3.02. The Morgan fingerprint density at radius 2 is 1.76 bits per heavy atom. The lowest BCUT2D eigenvalue weighted by molar-refractivity contribution is -0.123. The Kier molecular flexibility index (Phi) is 7.68. The number of amides is 1. The quantitative estimate of drug-likeness (QED) is 0.251. The van der Waals surface area contributed by atoms with Gasteiger partial charge in [0.25, 0.3) is 0 Å².